The first-order chi connectivity index (χ1) is 9.21. The molecule has 1 heterocycles. The molecule has 19 heavy (non-hydrogen) atoms. The van der Waals surface area contributed by atoms with E-state index >= 15 is 0 Å². The summed E-state index contributed by atoms with van der Waals surface area (Å²) in [7, 11) is 0. The van der Waals surface area contributed by atoms with Crippen molar-refractivity contribution in [1.29, 1.82) is 0 Å². The van der Waals surface area contributed by atoms with Gasteiger partial charge in [0.15, 0.2) is 0 Å². The Morgan fingerprint density at radius 3 is 2.11 bits per heavy atom. The molecule has 1 atom stereocenters. The summed E-state index contributed by atoms with van der Waals surface area (Å²) in [6.07, 6.45) is 2.52. The Hall–Kier alpha value is -1.12. The highest BCUT2D eigenvalue weighted by Gasteiger charge is 2.19. The van der Waals surface area contributed by atoms with Gasteiger partial charge in [0.1, 0.15) is 6.10 Å². The number of thiophene rings is 1. The van der Waals surface area contributed by atoms with Crippen molar-refractivity contribution in [2.75, 3.05) is 0 Å². The average Bonchev–Trinajstić information content (AvgIpc) is 2.99. The Labute approximate surface area is 119 Å². The lowest BCUT2D eigenvalue weighted by molar-refractivity contribution is 0.222. The van der Waals surface area contributed by atoms with Crippen molar-refractivity contribution in [2.45, 2.75) is 46.1 Å². The van der Waals surface area contributed by atoms with E-state index in [2.05, 4.69) is 32.9 Å². The van der Waals surface area contributed by atoms with E-state index in [1.165, 1.54) is 16.7 Å². The molecule has 1 unspecified atom stereocenters. The molecule has 102 valence electrons. The van der Waals surface area contributed by atoms with Gasteiger partial charge in [0.2, 0.25) is 0 Å². The number of benzene rings is 1. The van der Waals surface area contributed by atoms with Crippen molar-refractivity contribution >= 4 is 11.3 Å². The molecule has 0 saturated carbocycles. The summed E-state index contributed by atoms with van der Waals surface area (Å²) in [6.45, 7) is 6.52. The highest BCUT2D eigenvalue weighted by atomic mass is 32.1. The van der Waals surface area contributed by atoms with Crippen LogP contribution in [0.25, 0.3) is 0 Å². The zero-order chi connectivity index (χ0) is 13.8. The number of hydrogen-bond acceptors (Lipinski definition) is 2. The molecule has 2 heteroatoms. The number of rotatable bonds is 5. The fraction of sp³-hybridized carbons (Fsp3) is 0.412. The molecule has 1 nitrogen and oxygen atoms in total. The topological polar surface area (TPSA) is 20.2 Å². The van der Waals surface area contributed by atoms with Crippen LogP contribution in [0, 0.1) is 0 Å². The molecule has 0 aliphatic rings. The summed E-state index contributed by atoms with van der Waals surface area (Å²) in [5.74, 6) is 0. The van der Waals surface area contributed by atoms with Gasteiger partial charge in [-0.05, 0) is 53.0 Å². The fourth-order valence-corrected chi connectivity index (χ4v) is 3.30. The van der Waals surface area contributed by atoms with Crippen molar-refractivity contribution in [3.05, 3.63) is 56.8 Å². The zero-order valence-corrected chi connectivity index (χ0v) is 12.8. The maximum atomic E-state index is 10.7. The zero-order valence-electron chi connectivity index (χ0n) is 11.9. The summed E-state index contributed by atoms with van der Waals surface area (Å²) >= 11 is 1.62. The number of hydrogen-bond donors (Lipinski definition) is 1. The molecule has 1 aromatic heterocycles. The van der Waals surface area contributed by atoms with Crippen molar-refractivity contribution in [3.8, 4) is 0 Å². The number of aliphatic hydroxyl groups is 1. The van der Waals surface area contributed by atoms with Gasteiger partial charge >= 0.3 is 0 Å². The predicted octanol–water partition coefficient (Wildman–Crippen LogP) is 4.52. The average molecular weight is 274 g/mol. The second-order valence-corrected chi connectivity index (χ2v) is 5.79. The van der Waals surface area contributed by atoms with Gasteiger partial charge in [0.25, 0.3) is 0 Å². The van der Waals surface area contributed by atoms with Crippen LogP contribution in [0.4, 0.5) is 0 Å². The van der Waals surface area contributed by atoms with E-state index in [1.807, 2.05) is 17.5 Å². The SMILES string of the molecule is CCc1cc(CC)c(C(O)c2cccs2)c(CC)c1. The Kier molecular flexibility index (Phi) is 4.78. The van der Waals surface area contributed by atoms with Gasteiger partial charge in [-0.3, -0.25) is 0 Å². The first-order valence-electron chi connectivity index (χ1n) is 7.07. The summed E-state index contributed by atoms with van der Waals surface area (Å²) in [6, 6.07) is 8.53. The molecule has 0 bridgehead atoms. The highest BCUT2D eigenvalue weighted by molar-refractivity contribution is 7.10. The third kappa shape index (κ3) is 2.90. The second kappa shape index (κ2) is 6.36. The standard InChI is InChI=1S/C17H22OS/c1-4-12-10-13(5-2)16(14(6-3)11-12)17(18)15-8-7-9-19-15/h7-11,17-18H,4-6H2,1-3H3. The molecule has 2 aromatic rings. The first kappa shape index (κ1) is 14.3. The maximum absolute atomic E-state index is 10.7. The summed E-state index contributed by atoms with van der Waals surface area (Å²) in [4.78, 5) is 1.04. The molecule has 0 fully saturated rings. The summed E-state index contributed by atoms with van der Waals surface area (Å²) < 4.78 is 0. The van der Waals surface area contributed by atoms with Crippen LogP contribution in [0.15, 0.2) is 29.6 Å². The first-order valence-corrected chi connectivity index (χ1v) is 7.95. The highest BCUT2D eigenvalue weighted by Crippen LogP contribution is 2.32. The fourth-order valence-electron chi connectivity index (χ4n) is 2.58. The lowest BCUT2D eigenvalue weighted by atomic mass is 9.90. The Morgan fingerprint density at radius 1 is 1.05 bits per heavy atom. The normalized spacial score (nSPS) is 12.6. The molecule has 0 radical (unpaired) electrons. The smallest absolute Gasteiger partial charge is 0.114 e. The molecular formula is C17H22OS. The van der Waals surface area contributed by atoms with Crippen LogP contribution in [-0.4, -0.2) is 5.11 Å². The lowest BCUT2D eigenvalue weighted by Crippen LogP contribution is -2.07. The van der Waals surface area contributed by atoms with Crippen LogP contribution >= 0.6 is 11.3 Å². The van der Waals surface area contributed by atoms with Crippen molar-refractivity contribution in [3.63, 3.8) is 0 Å². The van der Waals surface area contributed by atoms with Gasteiger partial charge in [0.05, 0.1) is 0 Å². The van der Waals surface area contributed by atoms with E-state index in [-0.39, 0.29) is 0 Å². The second-order valence-electron chi connectivity index (χ2n) is 4.81. The van der Waals surface area contributed by atoms with E-state index in [0.717, 1.165) is 29.7 Å². The molecule has 2 rings (SSSR count). The number of aliphatic hydroxyl groups excluding tert-OH is 1. The third-order valence-electron chi connectivity index (χ3n) is 3.67. The molecule has 1 aromatic carbocycles. The van der Waals surface area contributed by atoms with Crippen LogP contribution in [0.3, 0.4) is 0 Å². The van der Waals surface area contributed by atoms with E-state index in [9.17, 15) is 5.11 Å². The van der Waals surface area contributed by atoms with Gasteiger partial charge in [-0.2, -0.15) is 0 Å². The van der Waals surface area contributed by atoms with Crippen LogP contribution in [0.5, 0.6) is 0 Å². The maximum Gasteiger partial charge on any atom is 0.114 e. The van der Waals surface area contributed by atoms with E-state index in [0.29, 0.717) is 0 Å². The lowest BCUT2D eigenvalue weighted by Gasteiger charge is -2.19. The Morgan fingerprint density at radius 2 is 1.68 bits per heavy atom. The molecule has 0 aliphatic carbocycles. The number of aryl methyl sites for hydroxylation is 3. The van der Waals surface area contributed by atoms with E-state index in [1.54, 1.807) is 11.3 Å². The molecule has 1 N–H and O–H groups in total. The van der Waals surface area contributed by atoms with Gasteiger partial charge in [0, 0.05) is 4.88 Å². The molecule has 0 amide bonds. The van der Waals surface area contributed by atoms with E-state index < -0.39 is 6.10 Å². The van der Waals surface area contributed by atoms with Gasteiger partial charge in [-0.25, -0.2) is 0 Å². The Balaban J connectivity index is 2.54. The van der Waals surface area contributed by atoms with Crippen molar-refractivity contribution in [1.82, 2.24) is 0 Å². The van der Waals surface area contributed by atoms with Crippen molar-refractivity contribution in [2.24, 2.45) is 0 Å². The van der Waals surface area contributed by atoms with Crippen LogP contribution < -0.4 is 0 Å². The van der Waals surface area contributed by atoms with Gasteiger partial charge in [-0.1, -0.05) is 39.0 Å². The molecule has 0 spiro atoms. The monoisotopic (exact) mass is 274 g/mol. The van der Waals surface area contributed by atoms with Crippen LogP contribution in [-0.2, 0) is 19.3 Å². The molecule has 0 saturated heterocycles. The summed E-state index contributed by atoms with van der Waals surface area (Å²) in [5.41, 5.74) is 5.08. The molecule has 0 aliphatic heterocycles. The minimum atomic E-state index is -0.476. The molecular weight excluding hydrogens is 252 g/mol. The van der Waals surface area contributed by atoms with Crippen molar-refractivity contribution < 1.29 is 5.11 Å². The van der Waals surface area contributed by atoms with Crippen LogP contribution in [0.1, 0.15) is 54.0 Å². The van der Waals surface area contributed by atoms with Crippen LogP contribution in [0.2, 0.25) is 0 Å². The minimum Gasteiger partial charge on any atom is -0.383 e. The summed E-state index contributed by atoms with van der Waals surface area (Å²) in [5, 5.41) is 12.7. The predicted molar refractivity (Wildman–Crippen MR) is 83.0 cm³/mol. The quantitative estimate of drug-likeness (QED) is 0.850. The minimum absolute atomic E-state index is 0.476. The van der Waals surface area contributed by atoms with E-state index in [4.69, 9.17) is 0 Å². The van der Waals surface area contributed by atoms with Gasteiger partial charge in [-0.15, -0.1) is 11.3 Å². The van der Waals surface area contributed by atoms with Gasteiger partial charge < -0.3 is 5.11 Å². The third-order valence-corrected chi connectivity index (χ3v) is 4.59. The Bertz CT molecular complexity index is 503. The largest absolute Gasteiger partial charge is 0.383 e.